The highest BCUT2D eigenvalue weighted by Gasteiger charge is 2.69. The standard InChI is InChI=1S/C25H28N2O9/c1-5-35-22(29)25(23(30)36-6-2)15-24(21(28)34-4,18-9-7-8-10-19(18)27(31)32)20(26-25)16-11-13-17(33-3)14-12-16/h7-14,20,26H,5-6,15H2,1-4H3/t20-,24+/m1/s1. The summed E-state index contributed by atoms with van der Waals surface area (Å²) < 4.78 is 20.8. The molecule has 1 aliphatic rings. The van der Waals surface area contributed by atoms with Gasteiger partial charge in [0.15, 0.2) is 0 Å². The van der Waals surface area contributed by atoms with Crippen molar-refractivity contribution in [2.45, 2.75) is 37.3 Å². The molecule has 0 spiro atoms. The number of esters is 3. The maximum absolute atomic E-state index is 13.7. The van der Waals surface area contributed by atoms with Crippen molar-refractivity contribution >= 4 is 23.6 Å². The summed E-state index contributed by atoms with van der Waals surface area (Å²) in [5, 5.41) is 15.0. The molecule has 1 N–H and O–H groups in total. The second-order valence-electron chi connectivity index (χ2n) is 8.11. The van der Waals surface area contributed by atoms with E-state index in [2.05, 4.69) is 5.32 Å². The fourth-order valence-corrected chi connectivity index (χ4v) is 4.70. The molecule has 1 aliphatic heterocycles. The SMILES string of the molecule is CCOC(=O)C1(C(=O)OCC)C[C@](C(=O)OC)(c2ccccc2[N+](=O)[O-])[C@@H](c2ccc(OC)cc2)N1. The highest BCUT2D eigenvalue weighted by Crippen LogP contribution is 2.53. The molecule has 11 nitrogen and oxygen atoms in total. The van der Waals surface area contributed by atoms with E-state index in [0.717, 1.165) is 7.11 Å². The number of nitrogens with one attached hydrogen (secondary N) is 1. The molecule has 36 heavy (non-hydrogen) atoms. The van der Waals surface area contributed by atoms with Gasteiger partial charge in [0.2, 0.25) is 5.54 Å². The fraction of sp³-hybridized carbons (Fsp3) is 0.400. The lowest BCUT2D eigenvalue weighted by Gasteiger charge is -2.32. The number of hydrogen-bond donors (Lipinski definition) is 1. The smallest absolute Gasteiger partial charge is 0.338 e. The molecule has 0 unspecified atom stereocenters. The van der Waals surface area contributed by atoms with Crippen LogP contribution >= 0.6 is 0 Å². The maximum atomic E-state index is 13.7. The minimum absolute atomic E-state index is 0.0226. The van der Waals surface area contributed by atoms with E-state index in [1.54, 1.807) is 38.1 Å². The molecule has 2 aromatic rings. The number of hydrogen-bond acceptors (Lipinski definition) is 10. The van der Waals surface area contributed by atoms with Crippen LogP contribution in [0.5, 0.6) is 5.75 Å². The highest BCUT2D eigenvalue weighted by molar-refractivity contribution is 6.07. The van der Waals surface area contributed by atoms with Gasteiger partial charge in [0.1, 0.15) is 11.2 Å². The van der Waals surface area contributed by atoms with E-state index in [1.807, 2.05) is 0 Å². The Morgan fingerprint density at radius 2 is 1.56 bits per heavy atom. The summed E-state index contributed by atoms with van der Waals surface area (Å²) in [6, 6.07) is 11.1. The van der Waals surface area contributed by atoms with Gasteiger partial charge >= 0.3 is 17.9 Å². The Kier molecular flexibility index (Phi) is 7.93. The summed E-state index contributed by atoms with van der Waals surface area (Å²) in [4.78, 5) is 51.7. The van der Waals surface area contributed by atoms with Crippen molar-refractivity contribution in [3.63, 3.8) is 0 Å². The van der Waals surface area contributed by atoms with Crippen LogP contribution < -0.4 is 10.1 Å². The molecule has 2 atom stereocenters. The van der Waals surface area contributed by atoms with Gasteiger partial charge in [0.05, 0.1) is 38.4 Å². The second kappa shape index (κ2) is 10.7. The normalized spacial score (nSPS) is 20.3. The van der Waals surface area contributed by atoms with Crippen LogP contribution in [-0.4, -0.2) is 55.8 Å². The van der Waals surface area contributed by atoms with Crippen LogP contribution in [0.2, 0.25) is 0 Å². The number of ether oxygens (including phenoxy) is 4. The quantitative estimate of drug-likeness (QED) is 0.179. The molecule has 1 fully saturated rings. The molecule has 1 saturated heterocycles. The van der Waals surface area contributed by atoms with Crippen LogP contribution in [-0.2, 0) is 34.0 Å². The Bertz CT molecular complexity index is 1130. The average molecular weight is 501 g/mol. The zero-order valence-electron chi connectivity index (χ0n) is 20.4. The summed E-state index contributed by atoms with van der Waals surface area (Å²) in [5.41, 5.74) is -3.96. The number of carbonyl (C=O) groups is 3. The van der Waals surface area contributed by atoms with E-state index in [0.29, 0.717) is 11.3 Å². The molecule has 11 heteroatoms. The first kappa shape index (κ1) is 26.6. The van der Waals surface area contributed by atoms with Crippen LogP contribution in [0.15, 0.2) is 48.5 Å². The molecule has 0 radical (unpaired) electrons. The predicted molar refractivity (Wildman–Crippen MR) is 126 cm³/mol. The molecule has 0 aromatic heterocycles. The number of carbonyl (C=O) groups excluding carboxylic acids is 3. The minimum atomic E-state index is -2.14. The number of nitro groups is 1. The molecule has 2 aromatic carbocycles. The van der Waals surface area contributed by atoms with Crippen LogP contribution in [0.4, 0.5) is 5.69 Å². The molecule has 0 bridgehead atoms. The summed E-state index contributed by atoms with van der Waals surface area (Å²) in [5.74, 6) is -2.29. The summed E-state index contributed by atoms with van der Waals surface area (Å²) >= 11 is 0. The Morgan fingerprint density at radius 1 is 0.972 bits per heavy atom. The third kappa shape index (κ3) is 4.37. The number of benzene rings is 2. The molecule has 0 saturated carbocycles. The zero-order chi connectivity index (χ0) is 26.5. The largest absolute Gasteiger partial charge is 0.497 e. The third-order valence-corrected chi connectivity index (χ3v) is 6.26. The number of para-hydroxylation sites is 1. The molecular weight excluding hydrogens is 472 g/mol. The zero-order valence-corrected chi connectivity index (χ0v) is 20.4. The van der Waals surface area contributed by atoms with E-state index < -0.39 is 46.2 Å². The predicted octanol–water partition coefficient (Wildman–Crippen LogP) is 2.61. The second-order valence-corrected chi connectivity index (χ2v) is 8.11. The van der Waals surface area contributed by atoms with Crippen LogP contribution in [0.25, 0.3) is 0 Å². The lowest BCUT2D eigenvalue weighted by Crippen LogP contribution is -2.56. The Balaban J connectivity index is 2.39. The maximum Gasteiger partial charge on any atom is 0.338 e. The van der Waals surface area contributed by atoms with E-state index in [1.165, 1.54) is 31.4 Å². The third-order valence-electron chi connectivity index (χ3n) is 6.26. The summed E-state index contributed by atoms with van der Waals surface area (Å²) in [6.45, 7) is 3.04. The summed E-state index contributed by atoms with van der Waals surface area (Å²) in [6.07, 6.45) is -0.536. The first-order valence-electron chi connectivity index (χ1n) is 11.3. The van der Waals surface area contributed by atoms with E-state index >= 15 is 0 Å². The van der Waals surface area contributed by atoms with Crippen molar-refractivity contribution in [1.82, 2.24) is 5.32 Å². The minimum Gasteiger partial charge on any atom is -0.497 e. The first-order valence-corrected chi connectivity index (χ1v) is 11.3. The molecule has 1 heterocycles. The van der Waals surface area contributed by atoms with Crippen molar-refractivity contribution in [3.05, 3.63) is 69.8 Å². The van der Waals surface area contributed by atoms with Crippen LogP contribution in [0.1, 0.15) is 37.4 Å². The molecule has 0 aliphatic carbocycles. The van der Waals surface area contributed by atoms with Gasteiger partial charge in [-0.1, -0.05) is 30.3 Å². The van der Waals surface area contributed by atoms with Gasteiger partial charge in [0, 0.05) is 18.1 Å². The van der Waals surface area contributed by atoms with E-state index in [4.69, 9.17) is 18.9 Å². The van der Waals surface area contributed by atoms with Crippen molar-refractivity contribution in [2.24, 2.45) is 0 Å². The topological polar surface area (TPSA) is 143 Å². The van der Waals surface area contributed by atoms with E-state index in [-0.39, 0.29) is 24.5 Å². The van der Waals surface area contributed by atoms with Gasteiger partial charge in [-0.3, -0.25) is 20.2 Å². The summed E-state index contributed by atoms with van der Waals surface area (Å²) in [7, 11) is 2.63. The van der Waals surface area contributed by atoms with E-state index in [9.17, 15) is 24.5 Å². The Hall–Kier alpha value is -3.99. The molecule has 0 amide bonds. The van der Waals surface area contributed by atoms with Gasteiger partial charge in [-0.15, -0.1) is 0 Å². The number of methoxy groups -OCH3 is 2. The van der Waals surface area contributed by atoms with Crippen molar-refractivity contribution < 1.29 is 38.3 Å². The van der Waals surface area contributed by atoms with Crippen molar-refractivity contribution in [1.29, 1.82) is 0 Å². The van der Waals surface area contributed by atoms with Gasteiger partial charge < -0.3 is 18.9 Å². The lowest BCUT2D eigenvalue weighted by molar-refractivity contribution is -0.386. The molecule has 192 valence electrons. The number of nitrogens with zero attached hydrogens (tertiary/aromatic N) is 1. The number of nitro benzene ring substituents is 1. The highest BCUT2D eigenvalue weighted by atomic mass is 16.6. The monoisotopic (exact) mass is 500 g/mol. The van der Waals surface area contributed by atoms with Gasteiger partial charge in [-0.2, -0.15) is 0 Å². The van der Waals surface area contributed by atoms with Gasteiger partial charge in [-0.25, -0.2) is 9.59 Å². The number of rotatable bonds is 9. The molecule has 3 rings (SSSR count). The van der Waals surface area contributed by atoms with Gasteiger partial charge in [0.25, 0.3) is 5.69 Å². The Morgan fingerprint density at radius 3 is 2.06 bits per heavy atom. The van der Waals surface area contributed by atoms with Crippen LogP contribution in [0, 0.1) is 10.1 Å². The fourth-order valence-electron chi connectivity index (χ4n) is 4.70. The van der Waals surface area contributed by atoms with Crippen LogP contribution in [0.3, 0.4) is 0 Å². The lowest BCUT2D eigenvalue weighted by atomic mass is 9.69. The van der Waals surface area contributed by atoms with Crippen molar-refractivity contribution in [3.8, 4) is 5.75 Å². The molecular formula is C25H28N2O9. The first-order chi connectivity index (χ1) is 17.2. The van der Waals surface area contributed by atoms with Gasteiger partial charge in [-0.05, 0) is 31.5 Å². The van der Waals surface area contributed by atoms with Crippen molar-refractivity contribution in [2.75, 3.05) is 27.4 Å². The average Bonchev–Trinajstić information content (AvgIpc) is 3.27. The Labute approximate surface area is 207 Å².